The van der Waals surface area contributed by atoms with Crippen LogP contribution in [0.2, 0.25) is 5.02 Å². The Morgan fingerprint density at radius 2 is 2.13 bits per heavy atom. The van der Waals surface area contributed by atoms with Gasteiger partial charge in [-0.2, -0.15) is 0 Å². The molecular weight excluding hydrogens is 312 g/mol. The third kappa shape index (κ3) is 5.50. The van der Waals surface area contributed by atoms with Gasteiger partial charge in [0, 0.05) is 56.0 Å². The summed E-state index contributed by atoms with van der Waals surface area (Å²) in [7, 11) is 0. The molecule has 1 saturated heterocycles. The second kappa shape index (κ2) is 8.69. The number of piperazine rings is 1. The Kier molecular flexibility index (Phi) is 6.90. The molecule has 1 heterocycles. The molecule has 1 atom stereocenters. The van der Waals surface area contributed by atoms with E-state index in [1.54, 1.807) is 12.1 Å². The Bertz CT molecular complexity index is 544. The number of aliphatic hydroxyl groups is 1. The van der Waals surface area contributed by atoms with Crippen LogP contribution in [0, 0.1) is 0 Å². The van der Waals surface area contributed by atoms with Crippen LogP contribution in [-0.4, -0.2) is 58.8 Å². The number of rotatable bonds is 6. The lowest BCUT2D eigenvalue weighted by Crippen LogP contribution is -2.53. The first kappa shape index (κ1) is 18.3. The van der Waals surface area contributed by atoms with Crippen LogP contribution < -0.4 is 0 Å². The van der Waals surface area contributed by atoms with E-state index >= 15 is 0 Å². The van der Waals surface area contributed by atoms with E-state index in [0.717, 1.165) is 38.2 Å². The number of benzene rings is 1. The van der Waals surface area contributed by atoms with Crippen LogP contribution in [-0.2, 0) is 6.54 Å². The van der Waals surface area contributed by atoms with E-state index in [1.165, 1.54) is 5.57 Å². The first-order chi connectivity index (χ1) is 11.0. The molecule has 1 aromatic rings. The second-order valence-corrected chi connectivity index (χ2v) is 6.89. The summed E-state index contributed by atoms with van der Waals surface area (Å²) in [5, 5.41) is 20.0. The van der Waals surface area contributed by atoms with Crippen LogP contribution in [0.15, 0.2) is 29.8 Å². The van der Waals surface area contributed by atoms with Crippen LogP contribution in [0.3, 0.4) is 0 Å². The third-order valence-corrected chi connectivity index (χ3v) is 4.56. The van der Waals surface area contributed by atoms with Crippen molar-refractivity contribution in [3.8, 4) is 5.75 Å². The molecule has 0 radical (unpaired) electrons. The Morgan fingerprint density at radius 3 is 2.83 bits per heavy atom. The quantitative estimate of drug-likeness (QED) is 0.783. The van der Waals surface area contributed by atoms with Gasteiger partial charge in [-0.3, -0.25) is 9.80 Å². The van der Waals surface area contributed by atoms with Crippen LogP contribution in [0.1, 0.15) is 25.8 Å². The first-order valence-electron chi connectivity index (χ1n) is 8.17. The highest BCUT2D eigenvalue weighted by atomic mass is 35.5. The summed E-state index contributed by atoms with van der Waals surface area (Å²) in [5.74, 6) is 0.292. The minimum atomic E-state index is 0.201. The maximum atomic E-state index is 9.99. The molecule has 0 spiro atoms. The van der Waals surface area contributed by atoms with E-state index in [1.807, 2.05) is 6.07 Å². The fraction of sp³-hybridized carbons (Fsp3) is 0.556. The third-order valence-electron chi connectivity index (χ3n) is 4.32. The summed E-state index contributed by atoms with van der Waals surface area (Å²) < 4.78 is 0. The highest BCUT2D eigenvalue weighted by Crippen LogP contribution is 2.24. The lowest BCUT2D eigenvalue weighted by molar-refractivity contribution is 0.0633. The number of aromatic hydroxyl groups is 1. The Balaban J connectivity index is 2.00. The fourth-order valence-electron chi connectivity index (χ4n) is 2.99. The van der Waals surface area contributed by atoms with E-state index < -0.39 is 0 Å². The van der Waals surface area contributed by atoms with Gasteiger partial charge in [0.15, 0.2) is 0 Å². The summed E-state index contributed by atoms with van der Waals surface area (Å²) in [6, 6.07) is 5.51. The van der Waals surface area contributed by atoms with Crippen molar-refractivity contribution in [3.05, 3.63) is 40.4 Å². The lowest BCUT2D eigenvalue weighted by Gasteiger charge is -2.41. The summed E-state index contributed by atoms with van der Waals surface area (Å²) in [6.07, 6.45) is 3.01. The topological polar surface area (TPSA) is 46.9 Å². The molecule has 5 heteroatoms. The molecule has 1 fully saturated rings. The van der Waals surface area contributed by atoms with Crippen molar-refractivity contribution in [2.24, 2.45) is 0 Å². The number of halogens is 1. The summed E-state index contributed by atoms with van der Waals surface area (Å²) >= 11 is 6.03. The van der Waals surface area contributed by atoms with Gasteiger partial charge >= 0.3 is 0 Å². The fourth-order valence-corrected chi connectivity index (χ4v) is 3.18. The van der Waals surface area contributed by atoms with Crippen molar-refractivity contribution in [2.45, 2.75) is 32.9 Å². The summed E-state index contributed by atoms with van der Waals surface area (Å²) in [4.78, 5) is 4.75. The maximum Gasteiger partial charge on any atom is 0.120 e. The Hall–Kier alpha value is -1.07. The van der Waals surface area contributed by atoms with E-state index in [4.69, 9.17) is 11.6 Å². The minimum Gasteiger partial charge on any atom is -0.508 e. The molecule has 2 rings (SSSR count). The van der Waals surface area contributed by atoms with Crippen molar-refractivity contribution in [3.63, 3.8) is 0 Å². The number of hydrogen-bond donors (Lipinski definition) is 2. The SMILES string of the molecule is CC(C)=CCN1CCN(Cc2cc(Cl)ccc2O)C[C@H]1CCO. The molecule has 1 aromatic carbocycles. The highest BCUT2D eigenvalue weighted by molar-refractivity contribution is 6.30. The summed E-state index contributed by atoms with van der Waals surface area (Å²) in [5.41, 5.74) is 2.18. The number of allylic oxidation sites excluding steroid dienone is 1. The zero-order valence-electron chi connectivity index (χ0n) is 14.0. The molecule has 2 N–H and O–H groups in total. The van der Waals surface area contributed by atoms with Crippen LogP contribution in [0.5, 0.6) is 5.75 Å². The lowest BCUT2D eigenvalue weighted by atomic mass is 10.1. The van der Waals surface area contributed by atoms with Crippen LogP contribution >= 0.6 is 11.6 Å². The molecule has 0 saturated carbocycles. The normalized spacial score (nSPS) is 19.7. The molecule has 4 nitrogen and oxygen atoms in total. The predicted octanol–water partition coefficient (Wildman–Crippen LogP) is 2.88. The van der Waals surface area contributed by atoms with E-state index in [9.17, 15) is 10.2 Å². The smallest absolute Gasteiger partial charge is 0.120 e. The average molecular weight is 339 g/mol. The summed E-state index contributed by atoms with van der Waals surface area (Å²) in [6.45, 7) is 8.85. The molecule has 0 aliphatic carbocycles. The largest absolute Gasteiger partial charge is 0.508 e. The Labute approximate surface area is 144 Å². The van der Waals surface area contributed by atoms with Crippen molar-refractivity contribution in [1.82, 2.24) is 9.80 Å². The van der Waals surface area contributed by atoms with Crippen molar-refractivity contribution in [2.75, 3.05) is 32.8 Å². The number of hydrogen-bond acceptors (Lipinski definition) is 4. The van der Waals surface area contributed by atoms with E-state index in [2.05, 4.69) is 29.7 Å². The molecule has 128 valence electrons. The van der Waals surface area contributed by atoms with Gasteiger partial charge in [-0.15, -0.1) is 0 Å². The van der Waals surface area contributed by atoms with Crippen LogP contribution in [0.4, 0.5) is 0 Å². The van der Waals surface area contributed by atoms with Gasteiger partial charge < -0.3 is 10.2 Å². The van der Waals surface area contributed by atoms with Gasteiger partial charge in [0.1, 0.15) is 5.75 Å². The number of nitrogens with zero attached hydrogens (tertiary/aromatic N) is 2. The van der Waals surface area contributed by atoms with Gasteiger partial charge in [-0.1, -0.05) is 23.3 Å². The monoisotopic (exact) mass is 338 g/mol. The first-order valence-corrected chi connectivity index (χ1v) is 8.55. The molecule has 23 heavy (non-hydrogen) atoms. The number of phenols is 1. The predicted molar refractivity (Wildman–Crippen MR) is 94.9 cm³/mol. The molecular formula is C18H27ClN2O2. The molecule has 1 aliphatic rings. The molecule has 0 unspecified atom stereocenters. The maximum absolute atomic E-state index is 9.99. The molecule has 0 bridgehead atoms. The van der Waals surface area contributed by atoms with E-state index in [-0.39, 0.29) is 6.61 Å². The van der Waals surface area contributed by atoms with Gasteiger partial charge in [0.2, 0.25) is 0 Å². The van der Waals surface area contributed by atoms with Gasteiger partial charge in [0.25, 0.3) is 0 Å². The second-order valence-electron chi connectivity index (χ2n) is 6.45. The zero-order valence-corrected chi connectivity index (χ0v) is 14.8. The van der Waals surface area contributed by atoms with Crippen molar-refractivity contribution in [1.29, 1.82) is 0 Å². The number of phenolic OH excluding ortho intramolecular Hbond substituents is 1. The molecule has 0 amide bonds. The number of aliphatic hydroxyl groups excluding tert-OH is 1. The van der Waals surface area contributed by atoms with E-state index in [0.29, 0.717) is 23.4 Å². The van der Waals surface area contributed by atoms with Gasteiger partial charge in [0.05, 0.1) is 0 Å². The van der Waals surface area contributed by atoms with Crippen molar-refractivity contribution >= 4 is 11.6 Å². The molecule has 1 aliphatic heterocycles. The highest BCUT2D eigenvalue weighted by Gasteiger charge is 2.26. The standard InChI is InChI=1S/C18H27ClN2O2/c1-14(2)5-7-21-9-8-20(13-17(21)6-10-22)12-15-11-16(19)3-4-18(15)23/h3-5,11,17,22-23H,6-10,12-13H2,1-2H3/t17-/m1/s1. The molecule has 0 aromatic heterocycles. The zero-order chi connectivity index (χ0) is 16.8. The minimum absolute atomic E-state index is 0.201. The average Bonchev–Trinajstić information content (AvgIpc) is 2.50. The van der Waals surface area contributed by atoms with Crippen LogP contribution in [0.25, 0.3) is 0 Å². The van der Waals surface area contributed by atoms with Gasteiger partial charge in [-0.25, -0.2) is 0 Å². The van der Waals surface area contributed by atoms with Crippen molar-refractivity contribution < 1.29 is 10.2 Å². The Morgan fingerprint density at radius 1 is 1.35 bits per heavy atom. The van der Waals surface area contributed by atoms with Gasteiger partial charge in [-0.05, 0) is 38.5 Å².